The summed E-state index contributed by atoms with van der Waals surface area (Å²) in [5.74, 6) is 0.0106. The Bertz CT molecular complexity index is 696. The van der Waals surface area contributed by atoms with Gasteiger partial charge in [-0.3, -0.25) is 4.79 Å². The van der Waals surface area contributed by atoms with E-state index in [2.05, 4.69) is 18.0 Å². The van der Waals surface area contributed by atoms with Crippen LogP contribution < -0.4 is 10.2 Å². The number of hydrogen-bond acceptors (Lipinski definition) is 2. The average molecular weight is 350 g/mol. The van der Waals surface area contributed by atoms with Crippen molar-refractivity contribution in [1.29, 1.82) is 0 Å². The summed E-state index contributed by atoms with van der Waals surface area (Å²) in [6, 6.07) is 9.93. The normalized spacial score (nSPS) is 12.0. The van der Waals surface area contributed by atoms with Gasteiger partial charge in [-0.15, -0.1) is 11.3 Å². The number of thiophene rings is 1. The fraction of sp³-hybridized carbons (Fsp3) is 0.278. The summed E-state index contributed by atoms with van der Waals surface area (Å²) in [5, 5.41) is 3.00. The van der Waals surface area contributed by atoms with E-state index in [9.17, 15) is 4.79 Å². The molecule has 1 aromatic heterocycles. The third-order valence-corrected chi connectivity index (χ3v) is 4.78. The Balaban J connectivity index is 1.98. The molecule has 0 spiro atoms. The molecule has 0 saturated carbocycles. The van der Waals surface area contributed by atoms with Gasteiger partial charge in [0.2, 0.25) is 0 Å². The molecule has 2 aromatic rings. The fourth-order valence-corrected chi connectivity index (χ4v) is 3.64. The van der Waals surface area contributed by atoms with Crippen molar-refractivity contribution < 1.29 is 9.69 Å². The zero-order valence-electron chi connectivity index (χ0n) is 13.5. The number of rotatable bonds is 7. The van der Waals surface area contributed by atoms with Gasteiger partial charge in [-0.05, 0) is 43.7 Å². The molecule has 5 heteroatoms. The summed E-state index contributed by atoms with van der Waals surface area (Å²) in [5.41, 5.74) is 3.14. The van der Waals surface area contributed by atoms with E-state index in [1.807, 2.05) is 44.2 Å². The van der Waals surface area contributed by atoms with Gasteiger partial charge < -0.3 is 10.2 Å². The highest BCUT2D eigenvalue weighted by molar-refractivity contribution is 7.16. The number of carbonyl (C=O) groups excluding carboxylic acids is 1. The Morgan fingerprint density at radius 3 is 2.74 bits per heavy atom. The molecule has 0 saturated heterocycles. The average Bonchev–Trinajstić information content (AvgIpc) is 2.87. The molecule has 1 unspecified atom stereocenters. The van der Waals surface area contributed by atoms with Gasteiger partial charge in [0.15, 0.2) is 6.54 Å². The number of carbonyl (C=O) groups is 1. The monoisotopic (exact) mass is 349 g/mol. The van der Waals surface area contributed by atoms with E-state index in [1.165, 1.54) is 10.4 Å². The van der Waals surface area contributed by atoms with Gasteiger partial charge in [0, 0.05) is 5.69 Å². The van der Waals surface area contributed by atoms with Crippen molar-refractivity contribution in [2.24, 2.45) is 0 Å². The number of benzene rings is 1. The number of halogens is 1. The number of anilines is 1. The van der Waals surface area contributed by atoms with Crippen LogP contribution in [0.5, 0.6) is 0 Å². The van der Waals surface area contributed by atoms with Crippen LogP contribution in [0.3, 0.4) is 0 Å². The summed E-state index contributed by atoms with van der Waals surface area (Å²) >= 11 is 7.53. The Hall–Kier alpha value is -1.62. The number of quaternary nitrogens is 1. The summed E-state index contributed by atoms with van der Waals surface area (Å²) in [6.07, 6.45) is 1.84. The Morgan fingerprint density at radius 1 is 1.35 bits per heavy atom. The second-order valence-electron chi connectivity index (χ2n) is 5.67. The maximum atomic E-state index is 12.3. The standard InChI is InChI=1S/C18H21ClN2OS/c1-4-9-21(11-15-6-8-17(19)23-15)12-18(22)20-16-7-5-13(2)10-14(16)3/h4-8,10H,1,9,11-12H2,2-3H3,(H,20,22)/p+1. The van der Waals surface area contributed by atoms with E-state index in [1.54, 1.807) is 11.3 Å². The van der Waals surface area contributed by atoms with Crippen LogP contribution in [-0.4, -0.2) is 19.0 Å². The van der Waals surface area contributed by atoms with E-state index >= 15 is 0 Å². The highest BCUT2D eigenvalue weighted by atomic mass is 35.5. The second-order valence-corrected chi connectivity index (χ2v) is 7.47. The smallest absolute Gasteiger partial charge is 0.279 e. The molecule has 0 aliphatic rings. The van der Waals surface area contributed by atoms with Crippen molar-refractivity contribution >= 4 is 34.5 Å². The lowest BCUT2D eigenvalue weighted by atomic mass is 10.1. The minimum absolute atomic E-state index is 0.0106. The third-order valence-electron chi connectivity index (χ3n) is 3.55. The summed E-state index contributed by atoms with van der Waals surface area (Å²) in [4.78, 5) is 14.7. The van der Waals surface area contributed by atoms with Gasteiger partial charge in [-0.25, -0.2) is 0 Å². The van der Waals surface area contributed by atoms with Gasteiger partial charge in [0.1, 0.15) is 6.54 Å². The van der Waals surface area contributed by atoms with Crippen molar-refractivity contribution in [1.82, 2.24) is 0 Å². The van der Waals surface area contributed by atoms with E-state index < -0.39 is 0 Å². The predicted molar refractivity (Wildman–Crippen MR) is 98.5 cm³/mol. The van der Waals surface area contributed by atoms with Crippen molar-refractivity contribution in [2.45, 2.75) is 20.4 Å². The van der Waals surface area contributed by atoms with Crippen LogP contribution in [0.4, 0.5) is 5.69 Å². The topological polar surface area (TPSA) is 33.5 Å². The maximum absolute atomic E-state index is 12.3. The molecule has 3 nitrogen and oxygen atoms in total. The van der Waals surface area contributed by atoms with Crippen LogP contribution in [0.2, 0.25) is 4.34 Å². The van der Waals surface area contributed by atoms with Crippen LogP contribution in [0, 0.1) is 13.8 Å². The molecular formula is C18H22ClN2OS+. The van der Waals surface area contributed by atoms with Gasteiger partial charge in [-0.1, -0.05) is 35.9 Å². The van der Waals surface area contributed by atoms with Crippen molar-refractivity contribution in [3.05, 3.63) is 63.3 Å². The lowest BCUT2D eigenvalue weighted by Gasteiger charge is -2.17. The van der Waals surface area contributed by atoms with Crippen LogP contribution in [0.15, 0.2) is 43.0 Å². The quantitative estimate of drug-likeness (QED) is 0.739. The summed E-state index contributed by atoms with van der Waals surface area (Å²) in [6.45, 7) is 9.73. The first kappa shape index (κ1) is 17.7. The molecule has 2 N–H and O–H groups in total. The number of amides is 1. The highest BCUT2D eigenvalue weighted by Crippen LogP contribution is 2.20. The molecule has 23 heavy (non-hydrogen) atoms. The molecule has 2 rings (SSSR count). The van der Waals surface area contributed by atoms with E-state index in [-0.39, 0.29) is 5.91 Å². The molecule has 1 aromatic carbocycles. The molecule has 0 bridgehead atoms. The van der Waals surface area contributed by atoms with Crippen molar-refractivity contribution in [3.63, 3.8) is 0 Å². The predicted octanol–water partition coefficient (Wildman–Crippen LogP) is 3.23. The van der Waals surface area contributed by atoms with Crippen LogP contribution in [0.1, 0.15) is 16.0 Å². The minimum Gasteiger partial charge on any atom is -0.321 e. The molecule has 1 heterocycles. The van der Waals surface area contributed by atoms with Crippen molar-refractivity contribution in [2.75, 3.05) is 18.4 Å². The molecule has 1 amide bonds. The minimum atomic E-state index is 0.0106. The molecule has 0 aliphatic heterocycles. The Labute approximate surface area is 146 Å². The SMILES string of the molecule is C=CC[NH+](CC(=O)Nc1ccc(C)cc1C)Cc1ccc(Cl)s1. The zero-order chi connectivity index (χ0) is 16.8. The van der Waals surface area contributed by atoms with E-state index in [4.69, 9.17) is 11.6 Å². The van der Waals surface area contributed by atoms with Gasteiger partial charge in [0.05, 0.1) is 15.8 Å². The maximum Gasteiger partial charge on any atom is 0.279 e. The summed E-state index contributed by atoms with van der Waals surface area (Å²) < 4.78 is 0.776. The highest BCUT2D eigenvalue weighted by Gasteiger charge is 2.15. The Morgan fingerprint density at radius 2 is 2.13 bits per heavy atom. The largest absolute Gasteiger partial charge is 0.321 e. The third kappa shape index (κ3) is 5.50. The first-order valence-corrected chi connectivity index (χ1v) is 8.73. The zero-order valence-corrected chi connectivity index (χ0v) is 15.1. The first-order valence-electron chi connectivity index (χ1n) is 7.53. The van der Waals surface area contributed by atoms with Gasteiger partial charge in [-0.2, -0.15) is 0 Å². The van der Waals surface area contributed by atoms with Crippen LogP contribution >= 0.6 is 22.9 Å². The van der Waals surface area contributed by atoms with Crippen LogP contribution in [0.25, 0.3) is 0 Å². The molecule has 0 fully saturated rings. The molecular weight excluding hydrogens is 328 g/mol. The molecule has 1 atom stereocenters. The lowest BCUT2D eigenvalue weighted by Crippen LogP contribution is -3.11. The Kier molecular flexibility index (Phi) is 6.39. The van der Waals surface area contributed by atoms with Crippen LogP contribution in [-0.2, 0) is 11.3 Å². The van der Waals surface area contributed by atoms with Gasteiger partial charge in [0.25, 0.3) is 5.91 Å². The van der Waals surface area contributed by atoms with Gasteiger partial charge >= 0.3 is 0 Å². The molecule has 0 radical (unpaired) electrons. The number of nitrogens with one attached hydrogen (secondary N) is 2. The van der Waals surface area contributed by atoms with Crippen molar-refractivity contribution in [3.8, 4) is 0 Å². The first-order chi connectivity index (χ1) is 11.0. The van der Waals surface area contributed by atoms with E-state index in [0.717, 1.165) is 33.6 Å². The molecule has 122 valence electrons. The van der Waals surface area contributed by atoms with E-state index in [0.29, 0.717) is 6.54 Å². The second kappa shape index (κ2) is 8.29. The summed E-state index contributed by atoms with van der Waals surface area (Å²) in [7, 11) is 0. The number of hydrogen-bond donors (Lipinski definition) is 2. The fourth-order valence-electron chi connectivity index (χ4n) is 2.48. The number of aryl methyl sites for hydroxylation is 2. The molecule has 0 aliphatic carbocycles. The lowest BCUT2D eigenvalue weighted by molar-refractivity contribution is -0.899.